The molecule has 2 aromatic rings. The van der Waals surface area contributed by atoms with Crippen LogP contribution in [-0.2, 0) is 5.75 Å². The Morgan fingerprint density at radius 1 is 1.11 bits per heavy atom. The van der Waals surface area contributed by atoms with Gasteiger partial charge in [-0.2, -0.15) is 0 Å². The summed E-state index contributed by atoms with van der Waals surface area (Å²) in [5.74, 6) is -1.07. The van der Waals surface area contributed by atoms with Crippen molar-refractivity contribution < 1.29 is 8.78 Å². The predicted molar refractivity (Wildman–Crippen MR) is 74.5 cm³/mol. The highest BCUT2D eigenvalue weighted by Gasteiger charge is 2.07. The fourth-order valence-corrected chi connectivity index (χ4v) is 3.14. The maximum Gasteiger partial charge on any atom is 0.159 e. The van der Waals surface area contributed by atoms with Crippen LogP contribution in [0.1, 0.15) is 5.56 Å². The summed E-state index contributed by atoms with van der Waals surface area (Å²) in [6.07, 6.45) is 0. The van der Waals surface area contributed by atoms with E-state index in [9.17, 15) is 8.78 Å². The minimum Gasteiger partial charge on any atom is -0.398 e. The number of anilines is 1. The lowest BCUT2D eigenvalue weighted by Gasteiger charge is -2.08. The summed E-state index contributed by atoms with van der Waals surface area (Å²) >= 11 is 4.83. The molecule has 0 atom stereocenters. The highest BCUT2D eigenvalue weighted by molar-refractivity contribution is 9.10. The second kappa shape index (κ2) is 5.71. The Hall–Kier alpha value is -1.07. The summed E-state index contributed by atoms with van der Waals surface area (Å²) in [6, 6.07) is 9.43. The Kier molecular flexibility index (Phi) is 4.24. The second-order valence-corrected chi connectivity index (χ2v) is 5.58. The molecule has 0 aliphatic heterocycles. The van der Waals surface area contributed by atoms with Gasteiger partial charge in [-0.3, -0.25) is 0 Å². The summed E-state index contributed by atoms with van der Waals surface area (Å²) in [5, 5.41) is 0. The van der Waals surface area contributed by atoms with Crippen molar-refractivity contribution in [3.05, 3.63) is 58.1 Å². The molecule has 0 radical (unpaired) electrons. The van der Waals surface area contributed by atoms with Crippen molar-refractivity contribution in [3.63, 3.8) is 0 Å². The molecule has 2 aromatic carbocycles. The molecule has 0 aliphatic carbocycles. The first-order valence-corrected chi connectivity index (χ1v) is 6.96. The quantitative estimate of drug-likeness (QED) is 0.657. The van der Waals surface area contributed by atoms with E-state index in [1.54, 1.807) is 6.07 Å². The van der Waals surface area contributed by atoms with Crippen molar-refractivity contribution in [2.24, 2.45) is 0 Å². The van der Waals surface area contributed by atoms with Gasteiger partial charge in [0, 0.05) is 20.8 Å². The van der Waals surface area contributed by atoms with Crippen LogP contribution in [0.4, 0.5) is 14.5 Å². The minimum atomic E-state index is -0.834. The molecule has 0 aliphatic rings. The van der Waals surface area contributed by atoms with Crippen LogP contribution < -0.4 is 5.73 Å². The number of rotatable bonds is 3. The van der Waals surface area contributed by atoms with Gasteiger partial charge in [0.05, 0.1) is 0 Å². The topological polar surface area (TPSA) is 26.0 Å². The molecule has 0 spiro atoms. The molecular formula is C13H10BrF2NS. The molecule has 0 unspecified atom stereocenters. The number of nitrogen functional groups attached to an aromatic ring is 1. The number of benzene rings is 2. The standard InChI is InChI=1S/C13H10BrF2NS/c14-10-2-1-3-13(17)9(10)7-18-8-4-5-11(15)12(16)6-8/h1-6H,7,17H2. The number of halogens is 3. The maximum absolute atomic E-state index is 13.0. The van der Waals surface area contributed by atoms with Crippen LogP contribution in [0.5, 0.6) is 0 Å². The van der Waals surface area contributed by atoms with E-state index in [1.165, 1.54) is 17.8 Å². The molecule has 1 nitrogen and oxygen atoms in total. The van der Waals surface area contributed by atoms with Gasteiger partial charge in [0.1, 0.15) is 0 Å². The van der Waals surface area contributed by atoms with E-state index in [4.69, 9.17) is 5.73 Å². The molecule has 94 valence electrons. The lowest BCUT2D eigenvalue weighted by molar-refractivity contribution is 0.506. The lowest BCUT2D eigenvalue weighted by atomic mass is 10.2. The van der Waals surface area contributed by atoms with Crippen molar-refractivity contribution >= 4 is 33.4 Å². The Bertz CT molecular complexity index is 555. The highest BCUT2D eigenvalue weighted by atomic mass is 79.9. The summed E-state index contributed by atoms with van der Waals surface area (Å²) in [5.41, 5.74) is 7.49. The van der Waals surface area contributed by atoms with Gasteiger partial charge in [-0.25, -0.2) is 8.78 Å². The summed E-state index contributed by atoms with van der Waals surface area (Å²) < 4.78 is 26.7. The van der Waals surface area contributed by atoms with E-state index in [2.05, 4.69) is 15.9 Å². The van der Waals surface area contributed by atoms with Crippen LogP contribution >= 0.6 is 27.7 Å². The summed E-state index contributed by atoms with van der Waals surface area (Å²) in [7, 11) is 0. The van der Waals surface area contributed by atoms with E-state index in [0.717, 1.165) is 16.1 Å². The Morgan fingerprint density at radius 3 is 2.56 bits per heavy atom. The Labute approximate surface area is 117 Å². The second-order valence-electron chi connectivity index (χ2n) is 3.67. The minimum absolute atomic E-state index is 0.596. The Morgan fingerprint density at radius 2 is 1.89 bits per heavy atom. The largest absolute Gasteiger partial charge is 0.398 e. The molecule has 0 amide bonds. The monoisotopic (exact) mass is 329 g/mol. The first-order valence-electron chi connectivity index (χ1n) is 5.18. The van der Waals surface area contributed by atoms with Gasteiger partial charge in [0.15, 0.2) is 11.6 Å². The molecule has 18 heavy (non-hydrogen) atoms. The van der Waals surface area contributed by atoms with Crippen LogP contribution in [-0.4, -0.2) is 0 Å². The zero-order valence-corrected chi connectivity index (χ0v) is 11.7. The van der Waals surface area contributed by atoms with Crippen molar-refractivity contribution in [1.82, 2.24) is 0 Å². The Balaban J connectivity index is 2.14. The van der Waals surface area contributed by atoms with Crippen LogP contribution in [0.2, 0.25) is 0 Å². The fourth-order valence-electron chi connectivity index (χ4n) is 1.45. The highest BCUT2D eigenvalue weighted by Crippen LogP contribution is 2.31. The van der Waals surface area contributed by atoms with Gasteiger partial charge in [0.2, 0.25) is 0 Å². The van der Waals surface area contributed by atoms with Gasteiger partial charge in [-0.1, -0.05) is 22.0 Å². The van der Waals surface area contributed by atoms with Gasteiger partial charge >= 0.3 is 0 Å². The molecule has 5 heteroatoms. The SMILES string of the molecule is Nc1cccc(Br)c1CSc1ccc(F)c(F)c1. The molecule has 0 saturated carbocycles. The maximum atomic E-state index is 13.0. The van der Waals surface area contributed by atoms with E-state index < -0.39 is 11.6 Å². The number of hydrogen-bond acceptors (Lipinski definition) is 2. The van der Waals surface area contributed by atoms with Gasteiger partial charge in [-0.05, 0) is 35.9 Å². The smallest absolute Gasteiger partial charge is 0.159 e. The third-order valence-corrected chi connectivity index (χ3v) is 4.19. The van der Waals surface area contributed by atoms with Gasteiger partial charge in [-0.15, -0.1) is 11.8 Å². The first kappa shape index (κ1) is 13.4. The van der Waals surface area contributed by atoms with E-state index in [1.807, 2.05) is 18.2 Å². The molecule has 0 saturated heterocycles. The van der Waals surface area contributed by atoms with Gasteiger partial charge < -0.3 is 5.73 Å². The molecular weight excluding hydrogens is 320 g/mol. The van der Waals surface area contributed by atoms with Crippen LogP contribution in [0.3, 0.4) is 0 Å². The van der Waals surface area contributed by atoms with E-state index >= 15 is 0 Å². The summed E-state index contributed by atoms with van der Waals surface area (Å²) in [4.78, 5) is 0.670. The fraction of sp³-hybridized carbons (Fsp3) is 0.0769. The van der Waals surface area contributed by atoms with Crippen LogP contribution in [0.15, 0.2) is 45.8 Å². The molecule has 0 aromatic heterocycles. The average Bonchev–Trinajstić information content (AvgIpc) is 2.33. The van der Waals surface area contributed by atoms with Crippen molar-refractivity contribution in [3.8, 4) is 0 Å². The predicted octanol–water partition coefficient (Wildman–Crippen LogP) is 4.60. The molecule has 2 N–H and O–H groups in total. The zero-order valence-electron chi connectivity index (χ0n) is 9.29. The van der Waals surface area contributed by atoms with Crippen molar-refractivity contribution in [1.29, 1.82) is 0 Å². The lowest BCUT2D eigenvalue weighted by Crippen LogP contribution is -1.93. The van der Waals surface area contributed by atoms with Crippen LogP contribution in [0.25, 0.3) is 0 Å². The van der Waals surface area contributed by atoms with Gasteiger partial charge in [0.25, 0.3) is 0 Å². The van der Waals surface area contributed by atoms with Crippen LogP contribution in [0, 0.1) is 11.6 Å². The molecule has 0 heterocycles. The molecule has 0 bridgehead atoms. The molecule has 0 fully saturated rings. The number of hydrogen-bond donors (Lipinski definition) is 1. The molecule has 2 rings (SSSR count). The third kappa shape index (κ3) is 3.03. The van der Waals surface area contributed by atoms with E-state index in [0.29, 0.717) is 16.3 Å². The number of thioether (sulfide) groups is 1. The average molecular weight is 330 g/mol. The number of nitrogens with two attached hydrogens (primary N) is 1. The van der Waals surface area contributed by atoms with Crippen molar-refractivity contribution in [2.75, 3.05) is 5.73 Å². The normalized spacial score (nSPS) is 10.6. The van der Waals surface area contributed by atoms with Crippen molar-refractivity contribution in [2.45, 2.75) is 10.6 Å². The van der Waals surface area contributed by atoms with E-state index in [-0.39, 0.29) is 0 Å². The summed E-state index contributed by atoms with van der Waals surface area (Å²) in [6.45, 7) is 0. The first-order chi connectivity index (χ1) is 8.58. The zero-order chi connectivity index (χ0) is 13.1. The third-order valence-electron chi connectivity index (χ3n) is 2.43.